The van der Waals surface area contributed by atoms with Crippen molar-refractivity contribution in [3.63, 3.8) is 0 Å². The van der Waals surface area contributed by atoms with Gasteiger partial charge in [-0.05, 0) is 19.8 Å². The maximum absolute atomic E-state index is 10.8. The van der Waals surface area contributed by atoms with Crippen LogP contribution in [0, 0.1) is 5.92 Å². The predicted molar refractivity (Wildman–Crippen MR) is 37.4 cm³/mol. The van der Waals surface area contributed by atoms with E-state index in [0.29, 0.717) is 12.8 Å². The number of ketones is 1. The minimum atomic E-state index is -0.464. The van der Waals surface area contributed by atoms with Gasteiger partial charge in [0.2, 0.25) is 0 Å². The molecular weight excluding hydrogens is 130 g/mol. The van der Waals surface area contributed by atoms with Gasteiger partial charge in [-0.3, -0.25) is 4.79 Å². The maximum atomic E-state index is 10.8. The van der Waals surface area contributed by atoms with E-state index in [1.165, 1.54) is 0 Å². The minimum absolute atomic E-state index is 0.00463. The van der Waals surface area contributed by atoms with E-state index in [-0.39, 0.29) is 17.7 Å². The van der Waals surface area contributed by atoms with Crippen LogP contribution in [0.2, 0.25) is 0 Å². The lowest BCUT2D eigenvalue weighted by atomic mass is 10.0. The van der Waals surface area contributed by atoms with Gasteiger partial charge in [0.15, 0.2) is 0 Å². The van der Waals surface area contributed by atoms with E-state index in [4.69, 9.17) is 10.8 Å². The smallest absolute Gasteiger partial charge is 0.133 e. The minimum Gasteiger partial charge on any atom is -0.391 e. The van der Waals surface area contributed by atoms with Crippen LogP contribution in [0.4, 0.5) is 0 Å². The molecule has 0 aliphatic heterocycles. The van der Waals surface area contributed by atoms with Crippen molar-refractivity contribution >= 4 is 5.78 Å². The maximum Gasteiger partial charge on any atom is 0.133 e. The van der Waals surface area contributed by atoms with Crippen LogP contribution in [0.3, 0.4) is 0 Å². The first-order valence-corrected chi connectivity index (χ1v) is 3.55. The summed E-state index contributed by atoms with van der Waals surface area (Å²) in [5.74, 6) is 0.150. The fraction of sp³-hybridized carbons (Fsp3) is 0.857. The molecule has 1 aliphatic rings. The Kier molecular flexibility index (Phi) is 2.06. The Morgan fingerprint density at radius 1 is 1.60 bits per heavy atom. The topological polar surface area (TPSA) is 63.3 Å². The third-order valence-electron chi connectivity index (χ3n) is 2.15. The molecule has 3 nitrogen and oxygen atoms in total. The fourth-order valence-corrected chi connectivity index (χ4v) is 1.38. The SMILES string of the molecule is CC(=O)[C@H]1C[C@@H](N)[C@H](O)C1. The van der Waals surface area contributed by atoms with Gasteiger partial charge in [0.1, 0.15) is 5.78 Å². The molecule has 10 heavy (non-hydrogen) atoms. The summed E-state index contributed by atoms with van der Waals surface area (Å²) < 4.78 is 0. The van der Waals surface area contributed by atoms with Crippen molar-refractivity contribution in [3.8, 4) is 0 Å². The highest BCUT2D eigenvalue weighted by atomic mass is 16.3. The van der Waals surface area contributed by atoms with E-state index in [1.54, 1.807) is 6.92 Å². The van der Waals surface area contributed by atoms with Crippen molar-refractivity contribution in [3.05, 3.63) is 0 Å². The summed E-state index contributed by atoms with van der Waals surface area (Å²) in [6.45, 7) is 1.55. The number of carbonyl (C=O) groups is 1. The van der Waals surface area contributed by atoms with Gasteiger partial charge in [-0.1, -0.05) is 0 Å². The van der Waals surface area contributed by atoms with Crippen molar-refractivity contribution in [2.24, 2.45) is 11.7 Å². The number of hydrogen-bond donors (Lipinski definition) is 2. The molecule has 0 aromatic heterocycles. The molecule has 0 amide bonds. The molecule has 0 unspecified atom stereocenters. The molecule has 0 aromatic carbocycles. The van der Waals surface area contributed by atoms with Gasteiger partial charge in [0, 0.05) is 12.0 Å². The average molecular weight is 143 g/mol. The molecule has 3 N–H and O–H groups in total. The molecule has 0 bridgehead atoms. The molecule has 0 aromatic rings. The lowest BCUT2D eigenvalue weighted by molar-refractivity contribution is -0.120. The Morgan fingerprint density at radius 2 is 2.20 bits per heavy atom. The van der Waals surface area contributed by atoms with E-state index < -0.39 is 6.10 Å². The van der Waals surface area contributed by atoms with Gasteiger partial charge in [-0.25, -0.2) is 0 Å². The molecule has 1 rings (SSSR count). The molecule has 3 heteroatoms. The number of nitrogens with two attached hydrogens (primary N) is 1. The van der Waals surface area contributed by atoms with Crippen LogP contribution < -0.4 is 5.73 Å². The number of aliphatic hydroxyl groups excluding tert-OH is 1. The Bertz CT molecular complexity index is 137. The summed E-state index contributed by atoms with van der Waals surface area (Å²) in [6, 6.07) is -0.186. The van der Waals surface area contributed by atoms with E-state index in [9.17, 15) is 4.79 Å². The summed E-state index contributed by atoms with van der Waals surface area (Å²) in [5, 5.41) is 9.14. The molecule has 0 heterocycles. The molecule has 1 saturated carbocycles. The van der Waals surface area contributed by atoms with Crippen LogP contribution in [0.1, 0.15) is 19.8 Å². The van der Waals surface area contributed by atoms with Crippen LogP contribution in [0.15, 0.2) is 0 Å². The zero-order chi connectivity index (χ0) is 7.72. The fourth-order valence-electron chi connectivity index (χ4n) is 1.38. The van der Waals surface area contributed by atoms with E-state index in [1.807, 2.05) is 0 Å². The molecule has 0 radical (unpaired) electrons. The quantitative estimate of drug-likeness (QED) is 0.528. The summed E-state index contributed by atoms with van der Waals surface area (Å²) >= 11 is 0. The third kappa shape index (κ3) is 1.36. The second-order valence-electron chi connectivity index (χ2n) is 3.01. The molecule has 1 fully saturated rings. The number of carbonyl (C=O) groups excluding carboxylic acids is 1. The Hall–Kier alpha value is -0.410. The second-order valence-corrected chi connectivity index (χ2v) is 3.01. The van der Waals surface area contributed by atoms with Crippen LogP contribution in [-0.2, 0) is 4.79 Å². The lowest BCUT2D eigenvalue weighted by Crippen LogP contribution is -2.28. The lowest BCUT2D eigenvalue weighted by Gasteiger charge is -2.04. The Labute approximate surface area is 60.2 Å². The largest absolute Gasteiger partial charge is 0.391 e. The van der Waals surface area contributed by atoms with Crippen LogP contribution in [0.25, 0.3) is 0 Å². The van der Waals surface area contributed by atoms with Gasteiger partial charge < -0.3 is 10.8 Å². The van der Waals surface area contributed by atoms with Gasteiger partial charge in [-0.2, -0.15) is 0 Å². The van der Waals surface area contributed by atoms with Crippen molar-refractivity contribution < 1.29 is 9.90 Å². The summed E-state index contributed by atoms with van der Waals surface area (Å²) in [5.41, 5.74) is 5.50. The number of Topliss-reactive ketones (excluding diaryl/α,β-unsaturated/α-hetero) is 1. The third-order valence-corrected chi connectivity index (χ3v) is 2.15. The van der Waals surface area contributed by atoms with Crippen molar-refractivity contribution in [2.45, 2.75) is 31.9 Å². The summed E-state index contributed by atoms with van der Waals surface area (Å²) in [4.78, 5) is 10.8. The van der Waals surface area contributed by atoms with Crippen LogP contribution in [-0.4, -0.2) is 23.0 Å². The summed E-state index contributed by atoms with van der Waals surface area (Å²) in [6.07, 6.45) is 0.737. The second kappa shape index (κ2) is 2.68. The normalized spacial score (nSPS) is 40.1. The average Bonchev–Trinajstić information content (AvgIpc) is 2.13. The number of rotatable bonds is 1. The highest BCUT2D eigenvalue weighted by Crippen LogP contribution is 2.24. The van der Waals surface area contributed by atoms with Crippen LogP contribution >= 0.6 is 0 Å². The van der Waals surface area contributed by atoms with Crippen molar-refractivity contribution in [2.75, 3.05) is 0 Å². The molecule has 58 valence electrons. The zero-order valence-corrected chi connectivity index (χ0v) is 6.08. The predicted octanol–water partition coefficient (Wildman–Crippen LogP) is -0.326. The van der Waals surface area contributed by atoms with E-state index in [2.05, 4.69) is 0 Å². The molecule has 1 aliphatic carbocycles. The number of aliphatic hydroxyl groups is 1. The Balaban J connectivity index is 2.49. The van der Waals surface area contributed by atoms with Crippen LogP contribution in [0.5, 0.6) is 0 Å². The highest BCUT2D eigenvalue weighted by Gasteiger charge is 2.32. The van der Waals surface area contributed by atoms with Crippen molar-refractivity contribution in [1.82, 2.24) is 0 Å². The van der Waals surface area contributed by atoms with Gasteiger partial charge in [0.05, 0.1) is 6.10 Å². The van der Waals surface area contributed by atoms with Gasteiger partial charge in [0.25, 0.3) is 0 Å². The first-order valence-electron chi connectivity index (χ1n) is 3.55. The molecule has 3 atom stereocenters. The summed E-state index contributed by atoms with van der Waals surface area (Å²) in [7, 11) is 0. The zero-order valence-electron chi connectivity index (χ0n) is 6.08. The highest BCUT2D eigenvalue weighted by molar-refractivity contribution is 5.78. The first-order chi connectivity index (χ1) is 4.61. The van der Waals surface area contributed by atoms with Gasteiger partial charge in [-0.15, -0.1) is 0 Å². The van der Waals surface area contributed by atoms with Crippen molar-refractivity contribution in [1.29, 1.82) is 0 Å². The van der Waals surface area contributed by atoms with E-state index in [0.717, 1.165) is 0 Å². The standard InChI is InChI=1S/C7H13NO2/c1-4(9)5-2-6(8)7(10)3-5/h5-7,10H,2-3,8H2,1H3/t5-,6+,7+/m0/s1. The monoisotopic (exact) mass is 143 g/mol. The molecular formula is C7H13NO2. The molecule has 0 saturated heterocycles. The Morgan fingerprint density at radius 3 is 2.40 bits per heavy atom. The first kappa shape index (κ1) is 7.69. The number of hydrogen-bond acceptors (Lipinski definition) is 3. The van der Waals surface area contributed by atoms with E-state index >= 15 is 0 Å². The molecule has 0 spiro atoms. The van der Waals surface area contributed by atoms with Gasteiger partial charge >= 0.3 is 0 Å².